The van der Waals surface area contributed by atoms with E-state index in [1.807, 2.05) is 17.7 Å². The molecule has 0 radical (unpaired) electrons. The number of amides is 1. The van der Waals surface area contributed by atoms with Gasteiger partial charge in [0.05, 0.1) is 20.7 Å². The Morgan fingerprint density at radius 2 is 1.92 bits per heavy atom. The molecule has 0 aliphatic heterocycles. The highest BCUT2D eigenvalue weighted by atomic mass is 32.2. The number of sulfone groups is 1. The summed E-state index contributed by atoms with van der Waals surface area (Å²) in [6, 6.07) is 12.3. The molecule has 2 aromatic carbocycles. The molecule has 0 spiro atoms. The second-order valence-electron chi connectivity index (χ2n) is 5.78. The van der Waals surface area contributed by atoms with Crippen molar-refractivity contribution in [2.75, 3.05) is 6.26 Å². The molecule has 1 amide bonds. The van der Waals surface area contributed by atoms with Gasteiger partial charge in [-0.15, -0.1) is 0 Å². The van der Waals surface area contributed by atoms with E-state index in [4.69, 9.17) is 0 Å². The Kier molecular flexibility index (Phi) is 4.62. The van der Waals surface area contributed by atoms with Crippen molar-refractivity contribution >= 4 is 37.3 Å². The van der Waals surface area contributed by atoms with Crippen LogP contribution in [-0.4, -0.2) is 25.1 Å². The summed E-state index contributed by atoms with van der Waals surface area (Å²) in [5.41, 5.74) is 2.30. The van der Waals surface area contributed by atoms with Crippen molar-refractivity contribution in [3.63, 3.8) is 0 Å². The first-order chi connectivity index (χ1) is 11.8. The Morgan fingerprint density at radius 3 is 2.60 bits per heavy atom. The standard InChI is InChI=1S/C18H18N2O3S2/c1-4-12-9-10-14-15(11-12)24-18(20(14)2)19-17(21)13-7-5-6-8-16(13)25(3,22)23/h5-11H,4H2,1-3H3. The highest BCUT2D eigenvalue weighted by Gasteiger charge is 2.18. The van der Waals surface area contributed by atoms with Crippen LogP contribution in [0.15, 0.2) is 52.4 Å². The number of benzene rings is 2. The van der Waals surface area contributed by atoms with Gasteiger partial charge in [-0.3, -0.25) is 4.79 Å². The minimum absolute atomic E-state index is 0.000725. The number of nitrogens with zero attached hydrogens (tertiary/aromatic N) is 2. The van der Waals surface area contributed by atoms with Gasteiger partial charge in [0.1, 0.15) is 0 Å². The maximum absolute atomic E-state index is 12.6. The van der Waals surface area contributed by atoms with Crippen LogP contribution >= 0.6 is 11.3 Å². The topological polar surface area (TPSA) is 68.5 Å². The summed E-state index contributed by atoms with van der Waals surface area (Å²) in [5, 5.41) is 0. The van der Waals surface area contributed by atoms with E-state index in [9.17, 15) is 13.2 Å². The first-order valence-corrected chi connectivity index (χ1v) is 10.5. The molecular weight excluding hydrogens is 356 g/mol. The summed E-state index contributed by atoms with van der Waals surface area (Å²) in [4.78, 5) is 17.3. The van der Waals surface area contributed by atoms with Gasteiger partial charge in [-0.1, -0.05) is 36.5 Å². The minimum atomic E-state index is -3.50. The molecule has 0 N–H and O–H groups in total. The van der Waals surface area contributed by atoms with Gasteiger partial charge >= 0.3 is 0 Å². The molecule has 0 bridgehead atoms. The molecule has 1 aromatic heterocycles. The fraction of sp³-hybridized carbons (Fsp3) is 0.222. The first-order valence-electron chi connectivity index (χ1n) is 7.78. The number of hydrogen-bond donors (Lipinski definition) is 0. The second-order valence-corrected chi connectivity index (χ2v) is 8.78. The summed E-state index contributed by atoms with van der Waals surface area (Å²) in [6.45, 7) is 2.09. The van der Waals surface area contributed by atoms with Crippen molar-refractivity contribution in [3.8, 4) is 0 Å². The Labute approximate surface area is 150 Å². The van der Waals surface area contributed by atoms with Crippen molar-refractivity contribution in [1.82, 2.24) is 4.57 Å². The minimum Gasteiger partial charge on any atom is -0.319 e. The molecule has 3 rings (SSSR count). The molecular formula is C18H18N2O3S2. The Morgan fingerprint density at radius 1 is 1.20 bits per heavy atom. The Bertz CT molecular complexity index is 1140. The van der Waals surface area contributed by atoms with Crippen molar-refractivity contribution < 1.29 is 13.2 Å². The van der Waals surface area contributed by atoms with Gasteiger partial charge in [-0.2, -0.15) is 4.99 Å². The van der Waals surface area contributed by atoms with E-state index in [-0.39, 0.29) is 10.5 Å². The molecule has 7 heteroatoms. The van der Waals surface area contributed by atoms with Crippen molar-refractivity contribution in [1.29, 1.82) is 0 Å². The Hall–Kier alpha value is -2.25. The second kappa shape index (κ2) is 6.57. The van der Waals surface area contributed by atoms with Crippen molar-refractivity contribution in [2.45, 2.75) is 18.2 Å². The van der Waals surface area contributed by atoms with Gasteiger partial charge in [-0.05, 0) is 36.2 Å². The number of aryl methyl sites for hydroxylation is 2. The highest BCUT2D eigenvalue weighted by Crippen LogP contribution is 2.20. The lowest BCUT2D eigenvalue weighted by Crippen LogP contribution is -2.15. The van der Waals surface area contributed by atoms with Gasteiger partial charge < -0.3 is 4.57 Å². The lowest BCUT2D eigenvalue weighted by atomic mass is 10.2. The molecule has 0 atom stereocenters. The molecule has 0 unspecified atom stereocenters. The van der Waals surface area contributed by atoms with E-state index in [0.29, 0.717) is 4.80 Å². The van der Waals surface area contributed by atoms with Gasteiger partial charge in [0.25, 0.3) is 5.91 Å². The number of rotatable bonds is 3. The highest BCUT2D eigenvalue weighted by molar-refractivity contribution is 7.90. The van der Waals surface area contributed by atoms with E-state index >= 15 is 0 Å². The SMILES string of the molecule is CCc1ccc2c(c1)sc(=NC(=O)c1ccccc1S(C)(=O)=O)n2C. The largest absolute Gasteiger partial charge is 0.319 e. The van der Waals surface area contributed by atoms with Crippen molar-refractivity contribution in [3.05, 3.63) is 58.4 Å². The quantitative estimate of drug-likeness (QED) is 0.708. The molecule has 0 saturated heterocycles. The summed E-state index contributed by atoms with van der Waals surface area (Å²) in [6.07, 6.45) is 2.02. The van der Waals surface area contributed by atoms with E-state index in [2.05, 4.69) is 24.0 Å². The van der Waals surface area contributed by atoms with Crippen LogP contribution in [0.2, 0.25) is 0 Å². The zero-order chi connectivity index (χ0) is 18.2. The fourth-order valence-electron chi connectivity index (χ4n) is 2.62. The molecule has 0 saturated carbocycles. The third kappa shape index (κ3) is 3.43. The first kappa shape index (κ1) is 17.6. The molecule has 1 heterocycles. The van der Waals surface area contributed by atoms with E-state index in [1.165, 1.54) is 29.0 Å². The zero-order valence-corrected chi connectivity index (χ0v) is 15.8. The monoisotopic (exact) mass is 374 g/mol. The average molecular weight is 374 g/mol. The van der Waals surface area contributed by atoms with Crippen LogP contribution in [0, 0.1) is 0 Å². The number of hydrogen-bond acceptors (Lipinski definition) is 4. The van der Waals surface area contributed by atoms with Crippen LogP contribution < -0.4 is 4.80 Å². The maximum Gasteiger partial charge on any atom is 0.280 e. The van der Waals surface area contributed by atoms with Gasteiger partial charge in [0.15, 0.2) is 14.6 Å². The summed E-state index contributed by atoms with van der Waals surface area (Å²) < 4.78 is 26.7. The Balaban J connectivity index is 2.15. The summed E-state index contributed by atoms with van der Waals surface area (Å²) >= 11 is 1.42. The fourth-order valence-corrected chi connectivity index (χ4v) is 4.58. The van der Waals surface area contributed by atoms with Gasteiger partial charge in [-0.25, -0.2) is 8.42 Å². The number of carbonyl (C=O) groups excluding carboxylic acids is 1. The predicted molar refractivity (Wildman–Crippen MR) is 99.6 cm³/mol. The van der Waals surface area contributed by atoms with Crippen LogP contribution in [0.25, 0.3) is 10.2 Å². The van der Waals surface area contributed by atoms with E-state index in [1.54, 1.807) is 12.1 Å². The molecule has 130 valence electrons. The molecule has 0 fully saturated rings. The third-order valence-electron chi connectivity index (χ3n) is 4.00. The zero-order valence-electron chi connectivity index (χ0n) is 14.2. The number of thiazole rings is 1. The molecule has 25 heavy (non-hydrogen) atoms. The summed E-state index contributed by atoms with van der Waals surface area (Å²) in [7, 11) is -1.65. The number of carbonyl (C=O) groups is 1. The van der Waals surface area contributed by atoms with E-state index in [0.717, 1.165) is 22.9 Å². The average Bonchev–Trinajstić information content (AvgIpc) is 2.89. The van der Waals surface area contributed by atoms with Crippen LogP contribution in [0.4, 0.5) is 0 Å². The normalized spacial score (nSPS) is 12.7. The molecule has 0 aliphatic rings. The number of fused-ring (bicyclic) bond motifs is 1. The lowest BCUT2D eigenvalue weighted by molar-refractivity contribution is 0.0995. The van der Waals surface area contributed by atoms with Crippen LogP contribution in [0.5, 0.6) is 0 Å². The van der Waals surface area contributed by atoms with Crippen LogP contribution in [0.3, 0.4) is 0 Å². The molecule has 0 aliphatic carbocycles. The summed E-state index contributed by atoms with van der Waals surface area (Å²) in [5.74, 6) is -0.557. The molecule has 5 nitrogen and oxygen atoms in total. The lowest BCUT2D eigenvalue weighted by Gasteiger charge is -2.03. The number of aromatic nitrogens is 1. The maximum atomic E-state index is 12.6. The smallest absolute Gasteiger partial charge is 0.280 e. The van der Waals surface area contributed by atoms with Crippen LogP contribution in [0.1, 0.15) is 22.8 Å². The predicted octanol–water partition coefficient (Wildman–Crippen LogP) is 2.95. The van der Waals surface area contributed by atoms with Crippen molar-refractivity contribution in [2.24, 2.45) is 12.0 Å². The van der Waals surface area contributed by atoms with Gasteiger partial charge in [0, 0.05) is 13.3 Å². The van der Waals surface area contributed by atoms with E-state index < -0.39 is 15.7 Å². The van der Waals surface area contributed by atoms with Crippen LogP contribution in [-0.2, 0) is 23.3 Å². The third-order valence-corrected chi connectivity index (χ3v) is 6.25. The molecule has 3 aromatic rings. The van der Waals surface area contributed by atoms with Gasteiger partial charge in [0.2, 0.25) is 0 Å².